The lowest BCUT2D eigenvalue weighted by Gasteiger charge is -2.18. The van der Waals surface area contributed by atoms with Crippen molar-refractivity contribution in [1.82, 2.24) is 9.97 Å². The zero-order chi connectivity index (χ0) is 23.9. The average molecular weight is 491 g/mol. The molecule has 6 N–H and O–H groups in total. The van der Waals surface area contributed by atoms with Crippen molar-refractivity contribution in [1.29, 1.82) is 0 Å². The third-order valence-electron chi connectivity index (χ3n) is 5.53. The predicted molar refractivity (Wildman–Crippen MR) is 122 cm³/mol. The summed E-state index contributed by atoms with van der Waals surface area (Å²) in [7, 11) is 0. The van der Waals surface area contributed by atoms with E-state index in [0.29, 0.717) is 10.9 Å². The lowest BCUT2D eigenvalue weighted by molar-refractivity contribution is -0.117. The van der Waals surface area contributed by atoms with Crippen molar-refractivity contribution in [2.45, 2.75) is 31.5 Å². The molecule has 1 fully saturated rings. The number of rotatable bonds is 8. The van der Waals surface area contributed by atoms with E-state index >= 15 is 0 Å². The number of amides is 2. The standard InChI is InChI=1S/C22H20Cl2N4O5/c23-14-5-10(20(25)32)6-15(24)12(14)7-16(29)19(31)18(30)13-8-27-17-11(13)3-4-26-21(17)28-22(33)9-1-2-9/h3-6,8-9,16,19,27,29,31H,1-2,7H2,(H2,25,32)(H,26,28,33). The summed E-state index contributed by atoms with van der Waals surface area (Å²) in [6.45, 7) is 0. The number of hydrogen-bond acceptors (Lipinski definition) is 6. The number of Topliss-reactive ketones (excluding diaryl/α,β-unsaturated/α-hetero) is 1. The summed E-state index contributed by atoms with van der Waals surface area (Å²) in [6.07, 6.45) is 0.935. The van der Waals surface area contributed by atoms with Crippen molar-refractivity contribution in [2.24, 2.45) is 11.7 Å². The maximum Gasteiger partial charge on any atom is 0.248 e. The lowest BCUT2D eigenvalue weighted by atomic mass is 9.96. The van der Waals surface area contributed by atoms with Crippen molar-refractivity contribution in [2.75, 3.05) is 5.32 Å². The van der Waals surface area contributed by atoms with Crippen LogP contribution in [0.25, 0.3) is 10.9 Å². The summed E-state index contributed by atoms with van der Waals surface area (Å²) in [5.74, 6) is -1.33. The molecule has 2 amide bonds. The van der Waals surface area contributed by atoms with Crippen LogP contribution in [0, 0.1) is 5.92 Å². The highest BCUT2D eigenvalue weighted by molar-refractivity contribution is 6.36. The second-order valence-electron chi connectivity index (χ2n) is 7.91. The van der Waals surface area contributed by atoms with Crippen molar-refractivity contribution in [3.05, 3.63) is 57.3 Å². The summed E-state index contributed by atoms with van der Waals surface area (Å²) >= 11 is 12.3. The Balaban J connectivity index is 1.54. The first kappa shape index (κ1) is 23.2. The molecule has 0 spiro atoms. The predicted octanol–water partition coefficient (Wildman–Crippen LogP) is 2.46. The summed E-state index contributed by atoms with van der Waals surface area (Å²) in [5, 5.41) is 24.4. The van der Waals surface area contributed by atoms with Crippen LogP contribution >= 0.6 is 23.2 Å². The van der Waals surface area contributed by atoms with Gasteiger partial charge in [-0.05, 0) is 36.6 Å². The van der Waals surface area contributed by atoms with E-state index in [-0.39, 0.29) is 50.8 Å². The minimum atomic E-state index is -1.79. The van der Waals surface area contributed by atoms with Crippen LogP contribution in [0.2, 0.25) is 10.0 Å². The largest absolute Gasteiger partial charge is 0.390 e. The SMILES string of the molecule is NC(=O)c1cc(Cl)c(CC(O)C(O)C(=O)c2c[nH]c3c(NC(=O)C4CC4)nccc23)c(Cl)c1. The highest BCUT2D eigenvalue weighted by Gasteiger charge is 2.31. The average Bonchev–Trinajstić information content (AvgIpc) is 3.54. The first-order valence-corrected chi connectivity index (χ1v) is 10.9. The van der Waals surface area contributed by atoms with Gasteiger partial charge in [0.05, 0.1) is 11.6 Å². The monoisotopic (exact) mass is 490 g/mol. The van der Waals surface area contributed by atoms with Crippen molar-refractivity contribution in [3.8, 4) is 0 Å². The summed E-state index contributed by atoms with van der Waals surface area (Å²) < 4.78 is 0. The first-order valence-electron chi connectivity index (χ1n) is 10.1. The molecule has 0 aliphatic heterocycles. The molecular formula is C22H20Cl2N4O5. The summed E-state index contributed by atoms with van der Waals surface area (Å²) in [5.41, 5.74) is 6.14. The van der Waals surface area contributed by atoms with Crippen LogP contribution in [0.4, 0.5) is 5.82 Å². The number of aliphatic hydroxyl groups excluding tert-OH is 2. The van der Waals surface area contributed by atoms with E-state index in [1.54, 1.807) is 6.07 Å². The number of anilines is 1. The van der Waals surface area contributed by atoms with Crippen molar-refractivity contribution >= 4 is 57.5 Å². The molecule has 1 saturated carbocycles. The van der Waals surface area contributed by atoms with Gasteiger partial charge in [-0.1, -0.05) is 23.2 Å². The van der Waals surface area contributed by atoms with Gasteiger partial charge in [0.15, 0.2) is 11.6 Å². The number of primary amides is 1. The topological polar surface area (TPSA) is 158 Å². The first-order chi connectivity index (χ1) is 15.7. The Labute approximate surface area is 197 Å². The minimum Gasteiger partial charge on any atom is -0.390 e. The van der Waals surface area contributed by atoms with E-state index in [0.717, 1.165) is 12.8 Å². The third kappa shape index (κ3) is 4.72. The van der Waals surface area contributed by atoms with Crippen molar-refractivity contribution < 1.29 is 24.6 Å². The van der Waals surface area contributed by atoms with Crippen LogP contribution in [0.3, 0.4) is 0 Å². The Kier molecular flexibility index (Phi) is 6.40. The van der Waals surface area contributed by atoms with E-state index in [4.69, 9.17) is 28.9 Å². The summed E-state index contributed by atoms with van der Waals surface area (Å²) in [4.78, 5) is 43.4. The molecule has 33 heavy (non-hydrogen) atoms. The molecule has 2 unspecified atom stereocenters. The molecule has 3 aromatic rings. The number of pyridine rings is 1. The zero-order valence-corrected chi connectivity index (χ0v) is 18.7. The Bertz CT molecular complexity index is 1250. The fraction of sp³-hybridized carbons (Fsp3) is 0.273. The van der Waals surface area contributed by atoms with Gasteiger partial charge in [-0.3, -0.25) is 14.4 Å². The van der Waals surface area contributed by atoms with Crippen LogP contribution in [0.1, 0.15) is 39.1 Å². The maximum atomic E-state index is 13.0. The second-order valence-corrected chi connectivity index (χ2v) is 8.73. The van der Waals surface area contributed by atoms with E-state index in [2.05, 4.69) is 15.3 Å². The molecule has 0 bridgehead atoms. The molecule has 0 radical (unpaired) electrons. The Hall–Kier alpha value is -2.98. The second kappa shape index (κ2) is 9.11. The number of H-pyrrole nitrogens is 1. The number of carbonyl (C=O) groups excluding carboxylic acids is 3. The van der Waals surface area contributed by atoms with Crippen molar-refractivity contribution in [3.63, 3.8) is 0 Å². The van der Waals surface area contributed by atoms with E-state index in [9.17, 15) is 24.6 Å². The fourth-order valence-corrected chi connectivity index (χ4v) is 4.15. The number of aromatic amines is 1. The quantitative estimate of drug-likeness (QED) is 0.305. The normalized spacial score (nSPS) is 15.3. The molecule has 2 heterocycles. The Morgan fingerprint density at radius 2 is 1.88 bits per heavy atom. The van der Waals surface area contributed by atoms with Gasteiger partial charge in [0.25, 0.3) is 0 Å². The Morgan fingerprint density at radius 1 is 1.21 bits per heavy atom. The van der Waals surface area contributed by atoms with Gasteiger partial charge >= 0.3 is 0 Å². The van der Waals surface area contributed by atoms with Gasteiger partial charge in [-0.2, -0.15) is 0 Å². The smallest absolute Gasteiger partial charge is 0.248 e. The lowest BCUT2D eigenvalue weighted by Crippen LogP contribution is -2.35. The molecular weight excluding hydrogens is 471 g/mol. The third-order valence-corrected chi connectivity index (χ3v) is 6.20. The molecule has 1 aliphatic carbocycles. The number of halogens is 2. The highest BCUT2D eigenvalue weighted by atomic mass is 35.5. The Morgan fingerprint density at radius 3 is 2.48 bits per heavy atom. The van der Waals surface area contributed by atoms with Gasteiger partial charge < -0.3 is 26.2 Å². The van der Waals surface area contributed by atoms with Gasteiger partial charge in [-0.25, -0.2) is 4.98 Å². The van der Waals surface area contributed by atoms with Crippen LogP contribution in [-0.4, -0.2) is 50.0 Å². The number of carbonyl (C=O) groups is 3. The number of fused-ring (bicyclic) bond motifs is 1. The molecule has 4 rings (SSSR count). The number of hydrogen-bond donors (Lipinski definition) is 5. The summed E-state index contributed by atoms with van der Waals surface area (Å²) in [6, 6.07) is 4.17. The number of nitrogens with zero attached hydrogens (tertiary/aromatic N) is 1. The van der Waals surface area contributed by atoms with Crippen LogP contribution in [0.5, 0.6) is 0 Å². The maximum absolute atomic E-state index is 13.0. The molecule has 1 aliphatic rings. The number of ketones is 1. The van der Waals surface area contributed by atoms with E-state index in [1.165, 1.54) is 24.5 Å². The number of nitrogens with one attached hydrogen (secondary N) is 2. The van der Waals surface area contributed by atoms with Crippen LogP contribution in [-0.2, 0) is 11.2 Å². The van der Waals surface area contributed by atoms with E-state index < -0.39 is 23.9 Å². The van der Waals surface area contributed by atoms with Gasteiger partial charge in [0, 0.05) is 51.3 Å². The molecule has 1 aromatic carbocycles. The van der Waals surface area contributed by atoms with E-state index in [1.807, 2.05) is 0 Å². The zero-order valence-electron chi connectivity index (χ0n) is 17.1. The number of aromatic nitrogens is 2. The molecule has 172 valence electrons. The van der Waals surface area contributed by atoms with Gasteiger partial charge in [0.1, 0.15) is 6.10 Å². The highest BCUT2D eigenvalue weighted by Crippen LogP contribution is 2.32. The fourth-order valence-electron chi connectivity index (χ4n) is 3.51. The van der Waals surface area contributed by atoms with Crippen LogP contribution in [0.15, 0.2) is 30.6 Å². The van der Waals surface area contributed by atoms with Crippen LogP contribution < -0.4 is 11.1 Å². The molecule has 9 nitrogen and oxygen atoms in total. The molecule has 2 aromatic heterocycles. The molecule has 11 heteroatoms. The molecule has 2 atom stereocenters. The molecule has 0 saturated heterocycles. The number of aliphatic hydroxyl groups is 2. The number of nitrogens with two attached hydrogens (primary N) is 1. The minimum absolute atomic E-state index is 0.0224. The number of benzene rings is 1. The van der Waals surface area contributed by atoms with Gasteiger partial charge in [0.2, 0.25) is 11.8 Å². The van der Waals surface area contributed by atoms with Gasteiger partial charge in [-0.15, -0.1) is 0 Å².